The maximum atomic E-state index is 13.0. The van der Waals surface area contributed by atoms with E-state index in [0.29, 0.717) is 25.7 Å². The van der Waals surface area contributed by atoms with Crippen LogP contribution >= 0.6 is 15.6 Å². The molecule has 0 aromatic heterocycles. The number of rotatable bonds is 69. The van der Waals surface area contributed by atoms with Crippen molar-refractivity contribution in [1.82, 2.24) is 0 Å². The fourth-order valence-electron chi connectivity index (χ4n) is 10.8. The molecule has 0 bridgehead atoms. The molecule has 7 atom stereocenters. The van der Waals surface area contributed by atoms with E-state index in [1.807, 2.05) is 0 Å². The van der Waals surface area contributed by atoms with E-state index < -0.39 is 97.5 Å². The van der Waals surface area contributed by atoms with Gasteiger partial charge in [0.2, 0.25) is 0 Å². The van der Waals surface area contributed by atoms with Gasteiger partial charge in [0.15, 0.2) is 12.2 Å². The Bertz CT molecular complexity index is 1800. The summed E-state index contributed by atoms with van der Waals surface area (Å²) in [5.41, 5.74) is 0. The zero-order valence-corrected chi connectivity index (χ0v) is 61.3. The second-order valence-electron chi connectivity index (χ2n) is 27.4. The van der Waals surface area contributed by atoms with Crippen molar-refractivity contribution in [3.8, 4) is 0 Å². The van der Waals surface area contributed by atoms with Gasteiger partial charge in [0.25, 0.3) is 0 Å². The van der Waals surface area contributed by atoms with E-state index in [9.17, 15) is 43.2 Å². The first-order valence-corrected chi connectivity index (χ1v) is 40.3. The van der Waals surface area contributed by atoms with Crippen molar-refractivity contribution < 1.29 is 80.2 Å². The summed E-state index contributed by atoms with van der Waals surface area (Å²) >= 11 is 0. The molecule has 0 rings (SSSR count). The maximum Gasteiger partial charge on any atom is 0.472 e. The Balaban J connectivity index is 5.26. The number of phosphoric ester groups is 2. The highest BCUT2D eigenvalue weighted by Gasteiger charge is 2.30. The van der Waals surface area contributed by atoms with Gasteiger partial charge in [-0.25, -0.2) is 9.13 Å². The molecule has 0 spiro atoms. The first-order chi connectivity index (χ1) is 43.7. The summed E-state index contributed by atoms with van der Waals surface area (Å²) < 4.78 is 68.4. The molecule has 0 fully saturated rings. The minimum absolute atomic E-state index is 0.103. The van der Waals surface area contributed by atoms with Gasteiger partial charge in [-0.05, 0) is 49.4 Å². The maximum absolute atomic E-state index is 13.0. The summed E-state index contributed by atoms with van der Waals surface area (Å²) in [4.78, 5) is 72.6. The summed E-state index contributed by atoms with van der Waals surface area (Å²) in [5.74, 6) is 0.915. The van der Waals surface area contributed by atoms with Crippen LogP contribution in [0, 0.1) is 23.7 Å². The number of carbonyl (C=O) groups excluding carboxylic acids is 4. The molecule has 0 saturated heterocycles. The van der Waals surface area contributed by atoms with Crippen molar-refractivity contribution in [2.45, 2.75) is 375 Å². The molecular weight excluding hydrogens is 1200 g/mol. The molecule has 0 aliphatic carbocycles. The van der Waals surface area contributed by atoms with E-state index in [2.05, 4.69) is 55.4 Å². The van der Waals surface area contributed by atoms with E-state index in [1.165, 1.54) is 154 Å². The Morgan fingerprint density at radius 3 is 0.780 bits per heavy atom. The van der Waals surface area contributed by atoms with Gasteiger partial charge in [-0.15, -0.1) is 0 Å². The van der Waals surface area contributed by atoms with Crippen LogP contribution in [-0.2, 0) is 65.4 Å². The molecule has 0 radical (unpaired) electrons. The largest absolute Gasteiger partial charge is 0.472 e. The van der Waals surface area contributed by atoms with Crippen LogP contribution in [0.2, 0.25) is 0 Å². The van der Waals surface area contributed by atoms with Crippen LogP contribution in [0.4, 0.5) is 0 Å². The van der Waals surface area contributed by atoms with E-state index in [-0.39, 0.29) is 25.7 Å². The van der Waals surface area contributed by atoms with E-state index in [0.717, 1.165) is 120 Å². The molecule has 0 saturated carbocycles. The van der Waals surface area contributed by atoms with Crippen LogP contribution in [0.25, 0.3) is 0 Å². The van der Waals surface area contributed by atoms with Crippen molar-refractivity contribution in [2.75, 3.05) is 39.6 Å². The Morgan fingerprint density at radius 2 is 0.527 bits per heavy atom. The quantitative estimate of drug-likeness (QED) is 0.0222. The van der Waals surface area contributed by atoms with Gasteiger partial charge in [0.1, 0.15) is 19.3 Å². The Morgan fingerprint density at radius 1 is 0.308 bits per heavy atom. The molecule has 0 aromatic rings. The first-order valence-electron chi connectivity index (χ1n) is 37.3. The third kappa shape index (κ3) is 63.9. The third-order valence-corrected chi connectivity index (χ3v) is 19.2. The summed E-state index contributed by atoms with van der Waals surface area (Å²) in [6.45, 7) is 14.1. The average molecular weight is 1340 g/mol. The van der Waals surface area contributed by atoms with Gasteiger partial charge in [0.05, 0.1) is 26.4 Å². The molecule has 0 aromatic carbocycles. The van der Waals surface area contributed by atoms with Crippen molar-refractivity contribution in [2.24, 2.45) is 23.7 Å². The molecule has 0 amide bonds. The highest BCUT2D eigenvalue weighted by molar-refractivity contribution is 7.47. The average Bonchev–Trinajstić information content (AvgIpc) is 3.20. The molecule has 19 heteroatoms. The monoisotopic (exact) mass is 1340 g/mol. The minimum Gasteiger partial charge on any atom is -0.462 e. The fourth-order valence-corrected chi connectivity index (χ4v) is 12.4. The molecule has 3 N–H and O–H groups in total. The fraction of sp³-hybridized carbons (Fsp3) is 0.944. The number of hydrogen-bond acceptors (Lipinski definition) is 15. The molecule has 91 heavy (non-hydrogen) atoms. The number of unbranched alkanes of at least 4 members (excludes halogenated alkanes) is 33. The van der Waals surface area contributed by atoms with Crippen LogP contribution in [0.3, 0.4) is 0 Å². The van der Waals surface area contributed by atoms with Gasteiger partial charge in [-0.1, -0.05) is 306 Å². The normalized spacial score (nSPS) is 14.8. The van der Waals surface area contributed by atoms with E-state index in [4.69, 9.17) is 37.0 Å². The molecule has 0 heterocycles. The molecule has 0 aliphatic heterocycles. The number of phosphoric acid groups is 2. The summed E-state index contributed by atoms with van der Waals surface area (Å²) in [6.07, 6.45) is 44.4. The predicted molar refractivity (Wildman–Crippen MR) is 367 cm³/mol. The van der Waals surface area contributed by atoms with Gasteiger partial charge < -0.3 is 33.8 Å². The zero-order chi connectivity index (χ0) is 67.5. The smallest absolute Gasteiger partial charge is 0.462 e. The van der Waals surface area contributed by atoms with Crippen LogP contribution in [0.15, 0.2) is 0 Å². The minimum atomic E-state index is -4.96. The SMILES string of the molecule is CCC(C)CCCCCCCCCCCCC(=O)O[C@H](COC(=O)CCCCCCCCCCCCCCCC(C)C)COP(=O)(O)OC[C@@H](O)COP(=O)(O)OC[C@@H](COC(=O)CCCCCCCCC(C)CC)OC(=O)CCCCCCCCCCC(C)C. The second kappa shape index (κ2) is 61.6. The van der Waals surface area contributed by atoms with Gasteiger partial charge in [0, 0.05) is 25.7 Å². The number of esters is 4. The molecule has 4 unspecified atom stereocenters. The number of hydrogen-bond donors (Lipinski definition) is 3. The highest BCUT2D eigenvalue weighted by Crippen LogP contribution is 2.45. The summed E-state index contributed by atoms with van der Waals surface area (Å²) in [7, 11) is -9.91. The Kier molecular flexibility index (Phi) is 60.3. The van der Waals surface area contributed by atoms with Crippen LogP contribution in [-0.4, -0.2) is 96.7 Å². The lowest BCUT2D eigenvalue weighted by atomic mass is 9.99. The number of ether oxygens (including phenoxy) is 4. The van der Waals surface area contributed by atoms with E-state index in [1.54, 1.807) is 0 Å². The van der Waals surface area contributed by atoms with Crippen LogP contribution in [0.5, 0.6) is 0 Å². The predicted octanol–water partition coefficient (Wildman–Crippen LogP) is 20.5. The van der Waals surface area contributed by atoms with Crippen molar-refractivity contribution in [3.63, 3.8) is 0 Å². The lowest BCUT2D eigenvalue weighted by Gasteiger charge is -2.21. The van der Waals surface area contributed by atoms with Gasteiger partial charge in [-0.2, -0.15) is 0 Å². The summed E-state index contributed by atoms with van der Waals surface area (Å²) in [6, 6.07) is 0. The van der Waals surface area contributed by atoms with Crippen LogP contribution < -0.4 is 0 Å². The first kappa shape index (κ1) is 89.1. The third-order valence-electron chi connectivity index (χ3n) is 17.3. The number of carbonyl (C=O) groups is 4. The van der Waals surface area contributed by atoms with Crippen molar-refractivity contribution >= 4 is 39.5 Å². The molecular formula is C72H140O17P2. The van der Waals surface area contributed by atoms with Crippen molar-refractivity contribution in [3.05, 3.63) is 0 Å². The second-order valence-corrected chi connectivity index (χ2v) is 30.3. The summed E-state index contributed by atoms with van der Waals surface area (Å²) in [5, 5.41) is 10.6. The van der Waals surface area contributed by atoms with Gasteiger partial charge in [-0.3, -0.25) is 37.3 Å². The molecule has 0 aliphatic rings. The standard InChI is InChI=1S/C72H140O17P2/c1-9-64(7)50-42-34-26-19-16-17-21-28-38-46-54-71(76)88-67(58-82-69(74)52-44-36-27-20-15-13-11-12-14-18-24-32-40-48-62(3)4)60-86-90(78,79)84-56-66(73)57-85-91(80,81)87-61-68(59-83-70(75)53-45-37-31-30-35-43-51-65(8)10-2)89-72(77)55-47-39-29-23-22-25-33-41-49-63(5)6/h62-68,73H,9-61H2,1-8H3,(H,78,79)(H,80,81)/t64?,65?,66-,67-,68-/m1/s1. The zero-order valence-electron chi connectivity index (χ0n) is 59.5. The Labute approximate surface area is 556 Å². The number of aliphatic hydroxyl groups excluding tert-OH is 1. The topological polar surface area (TPSA) is 237 Å². The van der Waals surface area contributed by atoms with E-state index >= 15 is 0 Å². The molecule has 17 nitrogen and oxygen atoms in total. The highest BCUT2D eigenvalue weighted by atomic mass is 31.2. The van der Waals surface area contributed by atoms with Crippen molar-refractivity contribution in [1.29, 1.82) is 0 Å². The number of aliphatic hydroxyl groups is 1. The lowest BCUT2D eigenvalue weighted by Crippen LogP contribution is -2.30. The lowest BCUT2D eigenvalue weighted by molar-refractivity contribution is -0.161. The van der Waals surface area contributed by atoms with Crippen LogP contribution in [0.1, 0.15) is 357 Å². The van der Waals surface area contributed by atoms with Gasteiger partial charge >= 0.3 is 39.5 Å². The molecule has 540 valence electrons. The Hall–Kier alpha value is -1.94.